The molecular weight excluding hydrogens is 258 g/mol. The van der Waals surface area contributed by atoms with Crippen molar-refractivity contribution in [2.45, 2.75) is 13.8 Å². The summed E-state index contributed by atoms with van der Waals surface area (Å²) in [6, 6.07) is 9.82. The van der Waals surface area contributed by atoms with E-state index in [0.29, 0.717) is 5.82 Å². The SMILES string of the molecule is Cc1ccc2nc(-c3ccc(Cl)c(C)c3)c(N)n2c1. The molecule has 4 heteroatoms. The first-order valence-electron chi connectivity index (χ1n) is 6.07. The third-order valence-corrected chi connectivity index (χ3v) is 3.66. The van der Waals surface area contributed by atoms with Crippen molar-refractivity contribution in [1.29, 1.82) is 0 Å². The van der Waals surface area contributed by atoms with Crippen molar-refractivity contribution in [2.75, 3.05) is 5.73 Å². The van der Waals surface area contributed by atoms with Gasteiger partial charge in [0, 0.05) is 16.8 Å². The maximum absolute atomic E-state index is 6.20. The Morgan fingerprint density at radius 3 is 2.68 bits per heavy atom. The molecule has 0 fully saturated rings. The highest BCUT2D eigenvalue weighted by atomic mass is 35.5. The van der Waals surface area contributed by atoms with Gasteiger partial charge in [0.25, 0.3) is 0 Å². The van der Waals surface area contributed by atoms with Crippen LogP contribution < -0.4 is 5.73 Å². The van der Waals surface area contributed by atoms with Gasteiger partial charge in [-0.25, -0.2) is 4.98 Å². The number of benzene rings is 1. The molecule has 3 aromatic rings. The molecule has 0 aliphatic heterocycles. The number of pyridine rings is 1. The molecule has 3 nitrogen and oxygen atoms in total. The second-order valence-electron chi connectivity index (χ2n) is 4.74. The highest BCUT2D eigenvalue weighted by molar-refractivity contribution is 6.31. The van der Waals surface area contributed by atoms with Crippen LogP contribution in [0.2, 0.25) is 5.02 Å². The van der Waals surface area contributed by atoms with Crippen molar-refractivity contribution in [1.82, 2.24) is 9.38 Å². The predicted molar refractivity (Wildman–Crippen MR) is 79.5 cm³/mol. The summed E-state index contributed by atoms with van der Waals surface area (Å²) in [6.07, 6.45) is 1.99. The summed E-state index contributed by atoms with van der Waals surface area (Å²) in [5, 5.41) is 0.752. The van der Waals surface area contributed by atoms with Crippen LogP contribution >= 0.6 is 11.6 Å². The van der Waals surface area contributed by atoms with E-state index in [1.807, 2.05) is 54.8 Å². The molecule has 1 aromatic carbocycles. The van der Waals surface area contributed by atoms with E-state index < -0.39 is 0 Å². The van der Waals surface area contributed by atoms with Gasteiger partial charge in [0.1, 0.15) is 17.2 Å². The van der Waals surface area contributed by atoms with Crippen molar-refractivity contribution in [3.8, 4) is 11.3 Å². The second kappa shape index (κ2) is 4.28. The fraction of sp³-hybridized carbons (Fsp3) is 0.133. The van der Waals surface area contributed by atoms with E-state index in [9.17, 15) is 0 Å². The number of fused-ring (bicyclic) bond motifs is 1. The molecule has 0 atom stereocenters. The third kappa shape index (κ3) is 1.96. The highest BCUT2D eigenvalue weighted by Gasteiger charge is 2.12. The number of imidazole rings is 1. The predicted octanol–water partition coefficient (Wildman–Crippen LogP) is 3.85. The number of hydrogen-bond acceptors (Lipinski definition) is 2. The first kappa shape index (κ1) is 12.1. The maximum Gasteiger partial charge on any atom is 0.139 e. The van der Waals surface area contributed by atoms with Crippen LogP contribution in [0, 0.1) is 13.8 Å². The molecule has 0 saturated carbocycles. The van der Waals surface area contributed by atoms with Gasteiger partial charge in [-0.1, -0.05) is 23.7 Å². The maximum atomic E-state index is 6.20. The summed E-state index contributed by atoms with van der Waals surface area (Å²) in [5.41, 5.74) is 11.0. The second-order valence-corrected chi connectivity index (χ2v) is 5.15. The summed E-state index contributed by atoms with van der Waals surface area (Å²) in [6.45, 7) is 4.01. The van der Waals surface area contributed by atoms with Crippen LogP contribution in [0.15, 0.2) is 36.5 Å². The Balaban J connectivity index is 2.24. The minimum atomic E-state index is 0.653. The van der Waals surface area contributed by atoms with E-state index >= 15 is 0 Å². The molecule has 2 aromatic heterocycles. The van der Waals surface area contributed by atoms with Crippen molar-refractivity contribution in [3.05, 3.63) is 52.7 Å². The van der Waals surface area contributed by atoms with Crippen LogP contribution in [0.25, 0.3) is 16.9 Å². The van der Waals surface area contributed by atoms with E-state index in [1.165, 1.54) is 0 Å². The molecule has 0 bridgehead atoms. The number of nitrogens with two attached hydrogens (primary N) is 1. The number of hydrogen-bond donors (Lipinski definition) is 1. The van der Waals surface area contributed by atoms with Gasteiger partial charge in [0.15, 0.2) is 0 Å². The van der Waals surface area contributed by atoms with Crippen LogP contribution in [-0.2, 0) is 0 Å². The molecule has 2 heterocycles. The molecule has 0 amide bonds. The van der Waals surface area contributed by atoms with Gasteiger partial charge in [0.2, 0.25) is 0 Å². The lowest BCUT2D eigenvalue weighted by Gasteiger charge is -2.03. The molecule has 96 valence electrons. The van der Waals surface area contributed by atoms with Crippen molar-refractivity contribution >= 4 is 23.1 Å². The monoisotopic (exact) mass is 271 g/mol. The van der Waals surface area contributed by atoms with Gasteiger partial charge < -0.3 is 5.73 Å². The van der Waals surface area contributed by atoms with Gasteiger partial charge in [-0.3, -0.25) is 4.40 Å². The lowest BCUT2D eigenvalue weighted by atomic mass is 10.1. The molecule has 19 heavy (non-hydrogen) atoms. The fourth-order valence-electron chi connectivity index (χ4n) is 2.17. The highest BCUT2D eigenvalue weighted by Crippen LogP contribution is 2.29. The van der Waals surface area contributed by atoms with Crippen molar-refractivity contribution < 1.29 is 0 Å². The van der Waals surface area contributed by atoms with E-state index in [4.69, 9.17) is 17.3 Å². The molecule has 0 aliphatic rings. The molecule has 3 rings (SSSR count). The normalized spacial score (nSPS) is 11.1. The number of halogens is 1. The molecule has 2 N–H and O–H groups in total. The van der Waals surface area contributed by atoms with Crippen molar-refractivity contribution in [3.63, 3.8) is 0 Å². The average Bonchev–Trinajstić information content (AvgIpc) is 2.70. The fourth-order valence-corrected chi connectivity index (χ4v) is 2.29. The number of rotatable bonds is 1. The first-order chi connectivity index (χ1) is 9.06. The number of aromatic nitrogens is 2. The van der Waals surface area contributed by atoms with Crippen LogP contribution in [0.4, 0.5) is 5.82 Å². The Morgan fingerprint density at radius 2 is 1.95 bits per heavy atom. The molecule has 0 saturated heterocycles. The van der Waals surface area contributed by atoms with Gasteiger partial charge >= 0.3 is 0 Å². The van der Waals surface area contributed by atoms with Gasteiger partial charge in [-0.2, -0.15) is 0 Å². The number of nitrogens with zero attached hydrogens (tertiary/aromatic N) is 2. The third-order valence-electron chi connectivity index (χ3n) is 3.23. The Labute approximate surface area is 116 Å². The minimum absolute atomic E-state index is 0.653. The summed E-state index contributed by atoms with van der Waals surface area (Å²) in [5.74, 6) is 0.653. The molecule has 0 spiro atoms. The Bertz CT molecular complexity index is 774. The summed E-state index contributed by atoms with van der Waals surface area (Å²) >= 11 is 6.05. The molecule has 0 unspecified atom stereocenters. The van der Waals surface area contributed by atoms with Crippen LogP contribution in [0.5, 0.6) is 0 Å². The summed E-state index contributed by atoms with van der Waals surface area (Å²) < 4.78 is 1.91. The standard InChI is InChI=1S/C15H14ClN3/c1-9-3-6-13-18-14(15(17)19(13)8-9)11-4-5-12(16)10(2)7-11/h3-8H,17H2,1-2H3. The minimum Gasteiger partial charge on any atom is -0.383 e. The number of anilines is 1. The Hall–Kier alpha value is -2.00. The van der Waals surface area contributed by atoms with Crippen LogP contribution in [-0.4, -0.2) is 9.38 Å². The number of nitrogen functional groups attached to an aromatic ring is 1. The Kier molecular flexibility index (Phi) is 2.72. The average molecular weight is 272 g/mol. The van der Waals surface area contributed by atoms with Gasteiger partial charge in [-0.15, -0.1) is 0 Å². The molecular formula is C15H14ClN3. The largest absolute Gasteiger partial charge is 0.383 e. The Morgan fingerprint density at radius 1 is 1.16 bits per heavy atom. The zero-order valence-electron chi connectivity index (χ0n) is 10.8. The van der Waals surface area contributed by atoms with E-state index in [0.717, 1.165) is 33.1 Å². The zero-order chi connectivity index (χ0) is 13.6. The van der Waals surface area contributed by atoms with Crippen LogP contribution in [0.3, 0.4) is 0 Å². The van der Waals surface area contributed by atoms with E-state index in [2.05, 4.69) is 4.98 Å². The molecule has 0 radical (unpaired) electrons. The summed E-state index contributed by atoms with van der Waals surface area (Å²) in [7, 11) is 0. The van der Waals surface area contributed by atoms with E-state index in [1.54, 1.807) is 0 Å². The van der Waals surface area contributed by atoms with Gasteiger partial charge in [-0.05, 0) is 43.2 Å². The van der Waals surface area contributed by atoms with Gasteiger partial charge in [0.05, 0.1) is 0 Å². The lowest BCUT2D eigenvalue weighted by molar-refractivity contribution is 1.16. The molecule has 0 aliphatic carbocycles. The smallest absolute Gasteiger partial charge is 0.139 e. The zero-order valence-corrected chi connectivity index (χ0v) is 11.6. The number of aryl methyl sites for hydroxylation is 2. The first-order valence-corrected chi connectivity index (χ1v) is 6.45. The van der Waals surface area contributed by atoms with Crippen LogP contribution in [0.1, 0.15) is 11.1 Å². The topological polar surface area (TPSA) is 43.3 Å². The summed E-state index contributed by atoms with van der Waals surface area (Å²) in [4.78, 5) is 4.59. The lowest BCUT2D eigenvalue weighted by Crippen LogP contribution is -1.94. The quantitative estimate of drug-likeness (QED) is 0.730. The van der Waals surface area contributed by atoms with Crippen molar-refractivity contribution in [2.24, 2.45) is 0 Å². The van der Waals surface area contributed by atoms with E-state index in [-0.39, 0.29) is 0 Å².